The molecule has 0 saturated carbocycles. The van der Waals surface area contributed by atoms with E-state index in [-0.39, 0.29) is 18.0 Å². The largest absolute Gasteiger partial charge is 0.335 e. The zero-order valence-corrected chi connectivity index (χ0v) is 12.1. The molecule has 1 fully saturated rings. The van der Waals surface area contributed by atoms with Crippen LogP contribution in [0.3, 0.4) is 0 Å². The molecule has 1 aliphatic heterocycles. The predicted octanol–water partition coefficient (Wildman–Crippen LogP) is 1.42. The Morgan fingerprint density at radius 3 is 2.84 bits per heavy atom. The highest BCUT2D eigenvalue weighted by molar-refractivity contribution is 5.93. The first kappa shape index (κ1) is 14.1. The Balaban J connectivity index is 2.21. The van der Waals surface area contributed by atoms with Gasteiger partial charge in [-0.25, -0.2) is 0 Å². The van der Waals surface area contributed by atoms with E-state index in [1.807, 2.05) is 22.6 Å². The van der Waals surface area contributed by atoms with E-state index < -0.39 is 0 Å². The number of hydrogen-bond acceptors (Lipinski definition) is 3. The number of aromatic nitrogens is 2. The normalized spacial score (nSPS) is 23.7. The average molecular weight is 264 g/mol. The van der Waals surface area contributed by atoms with E-state index in [2.05, 4.69) is 18.9 Å². The molecule has 0 radical (unpaired) electrons. The fraction of sp³-hybridized carbons (Fsp3) is 0.714. The van der Waals surface area contributed by atoms with Gasteiger partial charge in [0, 0.05) is 25.2 Å². The van der Waals surface area contributed by atoms with Crippen LogP contribution < -0.4 is 5.73 Å². The number of carbonyl (C=O) groups is 1. The van der Waals surface area contributed by atoms with Crippen molar-refractivity contribution >= 4 is 5.91 Å². The van der Waals surface area contributed by atoms with E-state index in [0.717, 1.165) is 38.0 Å². The molecule has 2 N–H and O–H groups in total. The lowest BCUT2D eigenvalue weighted by Gasteiger charge is -2.36. The van der Waals surface area contributed by atoms with Crippen LogP contribution in [-0.4, -0.2) is 39.2 Å². The number of carbonyl (C=O) groups excluding carboxylic acids is 1. The first-order valence-corrected chi connectivity index (χ1v) is 7.20. The quantitative estimate of drug-likeness (QED) is 0.898. The first-order chi connectivity index (χ1) is 9.06. The highest BCUT2D eigenvalue weighted by Gasteiger charge is 2.29. The van der Waals surface area contributed by atoms with Gasteiger partial charge in [-0.3, -0.25) is 9.48 Å². The van der Waals surface area contributed by atoms with Crippen LogP contribution in [0.5, 0.6) is 0 Å². The molecular formula is C14H24N4O. The summed E-state index contributed by atoms with van der Waals surface area (Å²) in [4.78, 5) is 14.6. The number of piperidine rings is 1. The molecule has 1 amide bonds. The third-order valence-corrected chi connectivity index (χ3v) is 3.89. The van der Waals surface area contributed by atoms with Gasteiger partial charge in [0.25, 0.3) is 5.91 Å². The number of rotatable bonds is 3. The van der Waals surface area contributed by atoms with Crippen molar-refractivity contribution in [2.24, 2.45) is 5.73 Å². The zero-order chi connectivity index (χ0) is 14.0. The lowest BCUT2D eigenvalue weighted by Crippen LogP contribution is -2.48. The lowest BCUT2D eigenvalue weighted by atomic mass is 9.99. The highest BCUT2D eigenvalue weighted by atomic mass is 16.2. The minimum absolute atomic E-state index is 0.0912. The number of aryl methyl sites for hydroxylation is 2. The smallest absolute Gasteiger partial charge is 0.272 e. The Morgan fingerprint density at radius 1 is 1.53 bits per heavy atom. The third-order valence-electron chi connectivity index (χ3n) is 3.89. The van der Waals surface area contributed by atoms with Crippen molar-refractivity contribution in [2.75, 3.05) is 6.54 Å². The number of nitrogens with zero attached hydrogens (tertiary/aromatic N) is 3. The fourth-order valence-electron chi connectivity index (χ4n) is 2.71. The number of hydrogen-bond donors (Lipinski definition) is 1. The van der Waals surface area contributed by atoms with Gasteiger partial charge < -0.3 is 10.6 Å². The first-order valence-electron chi connectivity index (χ1n) is 7.20. The maximum atomic E-state index is 12.7. The molecule has 2 heterocycles. The summed E-state index contributed by atoms with van der Waals surface area (Å²) in [5.74, 6) is 0.0912. The van der Waals surface area contributed by atoms with Crippen molar-refractivity contribution in [1.82, 2.24) is 14.7 Å². The van der Waals surface area contributed by atoms with Gasteiger partial charge in [-0.1, -0.05) is 6.92 Å². The Bertz CT molecular complexity index is 454. The topological polar surface area (TPSA) is 64.2 Å². The summed E-state index contributed by atoms with van der Waals surface area (Å²) < 4.78 is 1.81. The molecule has 0 aliphatic carbocycles. The molecule has 5 heteroatoms. The standard InChI is InChI=1S/C14H24N4O/c1-4-12-9-13(18(5-2)16-12)14(19)17-7-6-11(15)8-10(17)3/h9-11H,4-8,15H2,1-3H3. The zero-order valence-electron chi connectivity index (χ0n) is 12.1. The van der Waals surface area contributed by atoms with E-state index in [1.54, 1.807) is 0 Å². The van der Waals surface area contributed by atoms with Crippen LogP contribution in [0.4, 0.5) is 0 Å². The van der Waals surface area contributed by atoms with Crippen LogP contribution >= 0.6 is 0 Å². The maximum absolute atomic E-state index is 12.7. The fourth-order valence-corrected chi connectivity index (χ4v) is 2.71. The molecule has 2 atom stereocenters. The molecule has 5 nitrogen and oxygen atoms in total. The number of nitrogens with two attached hydrogens (primary N) is 1. The second kappa shape index (κ2) is 5.74. The van der Waals surface area contributed by atoms with Gasteiger partial charge in [0.1, 0.15) is 5.69 Å². The maximum Gasteiger partial charge on any atom is 0.272 e. The molecular weight excluding hydrogens is 240 g/mol. The van der Waals surface area contributed by atoms with Gasteiger partial charge in [-0.15, -0.1) is 0 Å². The lowest BCUT2D eigenvalue weighted by molar-refractivity contribution is 0.0606. The minimum Gasteiger partial charge on any atom is -0.335 e. The summed E-state index contributed by atoms with van der Waals surface area (Å²) >= 11 is 0. The Labute approximate surface area is 114 Å². The molecule has 0 spiro atoms. The summed E-state index contributed by atoms with van der Waals surface area (Å²) in [7, 11) is 0. The molecule has 1 aliphatic rings. The highest BCUT2D eigenvalue weighted by Crippen LogP contribution is 2.19. The average Bonchev–Trinajstić information content (AvgIpc) is 2.81. The second-order valence-corrected chi connectivity index (χ2v) is 5.32. The van der Waals surface area contributed by atoms with Gasteiger partial charge in [0.15, 0.2) is 0 Å². The van der Waals surface area contributed by atoms with Crippen molar-refractivity contribution < 1.29 is 4.79 Å². The molecule has 2 unspecified atom stereocenters. The number of amides is 1. The van der Waals surface area contributed by atoms with E-state index in [9.17, 15) is 4.79 Å². The molecule has 1 aromatic heterocycles. The molecule has 1 saturated heterocycles. The van der Waals surface area contributed by atoms with Gasteiger partial charge in [0.2, 0.25) is 0 Å². The van der Waals surface area contributed by atoms with Crippen LogP contribution in [-0.2, 0) is 13.0 Å². The Morgan fingerprint density at radius 2 is 2.26 bits per heavy atom. The van der Waals surface area contributed by atoms with E-state index in [0.29, 0.717) is 5.69 Å². The summed E-state index contributed by atoms with van der Waals surface area (Å²) in [6, 6.07) is 2.36. The van der Waals surface area contributed by atoms with Gasteiger partial charge in [-0.05, 0) is 39.2 Å². The van der Waals surface area contributed by atoms with E-state index >= 15 is 0 Å². The molecule has 19 heavy (non-hydrogen) atoms. The van der Waals surface area contributed by atoms with Crippen LogP contribution in [0.25, 0.3) is 0 Å². The second-order valence-electron chi connectivity index (χ2n) is 5.32. The third kappa shape index (κ3) is 2.81. The van der Waals surface area contributed by atoms with Crippen molar-refractivity contribution in [3.05, 3.63) is 17.5 Å². The molecule has 1 aromatic rings. The van der Waals surface area contributed by atoms with E-state index in [4.69, 9.17) is 5.73 Å². The molecule has 0 bridgehead atoms. The molecule has 2 rings (SSSR count). The van der Waals surface area contributed by atoms with Crippen LogP contribution in [0.2, 0.25) is 0 Å². The predicted molar refractivity (Wildman–Crippen MR) is 75.0 cm³/mol. The molecule has 0 aromatic carbocycles. The van der Waals surface area contributed by atoms with Gasteiger partial charge >= 0.3 is 0 Å². The van der Waals surface area contributed by atoms with Gasteiger partial charge in [-0.2, -0.15) is 5.10 Å². The Kier molecular flexibility index (Phi) is 4.24. The Hall–Kier alpha value is -1.36. The minimum atomic E-state index is 0.0912. The van der Waals surface area contributed by atoms with Crippen molar-refractivity contribution in [3.63, 3.8) is 0 Å². The van der Waals surface area contributed by atoms with E-state index in [1.165, 1.54) is 0 Å². The monoisotopic (exact) mass is 264 g/mol. The van der Waals surface area contributed by atoms with Crippen molar-refractivity contribution in [3.8, 4) is 0 Å². The summed E-state index contributed by atoms with van der Waals surface area (Å²) in [6.45, 7) is 7.61. The summed E-state index contributed by atoms with van der Waals surface area (Å²) in [6.07, 6.45) is 2.62. The number of likely N-dealkylation sites (tertiary alicyclic amines) is 1. The van der Waals surface area contributed by atoms with Crippen molar-refractivity contribution in [2.45, 2.75) is 58.7 Å². The molecule has 106 valence electrons. The SMILES string of the molecule is CCc1cc(C(=O)N2CCC(N)CC2C)n(CC)n1. The van der Waals surface area contributed by atoms with Gasteiger partial charge in [0.05, 0.1) is 5.69 Å². The van der Waals surface area contributed by atoms with Crippen LogP contribution in [0.15, 0.2) is 6.07 Å². The van der Waals surface area contributed by atoms with Crippen LogP contribution in [0.1, 0.15) is 49.8 Å². The van der Waals surface area contributed by atoms with Crippen molar-refractivity contribution in [1.29, 1.82) is 0 Å². The van der Waals surface area contributed by atoms with Crippen LogP contribution in [0, 0.1) is 0 Å². The summed E-state index contributed by atoms with van der Waals surface area (Å²) in [5.41, 5.74) is 7.64. The summed E-state index contributed by atoms with van der Waals surface area (Å²) in [5, 5.41) is 4.45.